The summed E-state index contributed by atoms with van der Waals surface area (Å²) >= 11 is 0. The average molecular weight is 328 g/mol. The van der Waals surface area contributed by atoms with Crippen molar-refractivity contribution in [2.24, 2.45) is 0 Å². The fraction of sp³-hybridized carbons (Fsp3) is 0.333. The summed E-state index contributed by atoms with van der Waals surface area (Å²) in [5.41, 5.74) is 0.714. The third-order valence-electron chi connectivity index (χ3n) is 3.94. The maximum Gasteiger partial charge on any atom is 0.268 e. The largest absolute Gasteiger partial charge is 0.478 e. The third-order valence-corrected chi connectivity index (χ3v) is 3.94. The van der Waals surface area contributed by atoms with Gasteiger partial charge in [0.15, 0.2) is 6.10 Å². The summed E-state index contributed by atoms with van der Waals surface area (Å²) in [5, 5.41) is 2.79. The van der Waals surface area contributed by atoms with Gasteiger partial charge in [-0.05, 0) is 30.7 Å². The molecule has 2 aromatic rings. The van der Waals surface area contributed by atoms with E-state index in [4.69, 9.17) is 9.15 Å². The molecule has 0 saturated carbocycles. The SMILES string of the molecule is CCC1Oc2ccccc2N(CCC(=O)NCc2ccco2)C1=O. The van der Waals surface area contributed by atoms with Gasteiger partial charge in [0.1, 0.15) is 11.5 Å². The molecular weight excluding hydrogens is 308 g/mol. The van der Waals surface area contributed by atoms with Gasteiger partial charge in [0.25, 0.3) is 5.91 Å². The van der Waals surface area contributed by atoms with Crippen LogP contribution < -0.4 is 15.0 Å². The van der Waals surface area contributed by atoms with E-state index >= 15 is 0 Å². The lowest BCUT2D eigenvalue weighted by molar-refractivity contribution is -0.126. The first-order valence-corrected chi connectivity index (χ1v) is 8.05. The number of benzene rings is 1. The molecule has 1 aromatic carbocycles. The predicted molar refractivity (Wildman–Crippen MR) is 88.7 cm³/mol. The molecule has 0 radical (unpaired) electrons. The van der Waals surface area contributed by atoms with Gasteiger partial charge in [-0.25, -0.2) is 0 Å². The summed E-state index contributed by atoms with van der Waals surface area (Å²) < 4.78 is 10.9. The van der Waals surface area contributed by atoms with Crippen molar-refractivity contribution in [1.82, 2.24) is 5.32 Å². The van der Waals surface area contributed by atoms with Gasteiger partial charge < -0.3 is 19.4 Å². The van der Waals surface area contributed by atoms with Crippen LogP contribution in [0.4, 0.5) is 5.69 Å². The van der Waals surface area contributed by atoms with Gasteiger partial charge in [0.2, 0.25) is 5.91 Å². The number of hydrogen-bond donors (Lipinski definition) is 1. The minimum Gasteiger partial charge on any atom is -0.478 e. The minimum absolute atomic E-state index is 0.102. The van der Waals surface area contributed by atoms with Crippen LogP contribution in [0.25, 0.3) is 0 Å². The van der Waals surface area contributed by atoms with Crippen molar-refractivity contribution in [2.45, 2.75) is 32.4 Å². The molecule has 6 nitrogen and oxygen atoms in total. The second-order valence-corrected chi connectivity index (χ2v) is 5.58. The van der Waals surface area contributed by atoms with E-state index in [-0.39, 0.29) is 18.2 Å². The maximum absolute atomic E-state index is 12.5. The van der Waals surface area contributed by atoms with Gasteiger partial charge in [0, 0.05) is 13.0 Å². The van der Waals surface area contributed by atoms with E-state index in [9.17, 15) is 9.59 Å². The molecule has 0 bridgehead atoms. The number of anilines is 1. The molecule has 2 heterocycles. The summed E-state index contributed by atoms with van der Waals surface area (Å²) in [7, 11) is 0. The van der Waals surface area contributed by atoms with Crippen molar-refractivity contribution >= 4 is 17.5 Å². The van der Waals surface area contributed by atoms with Crippen LogP contribution in [-0.4, -0.2) is 24.5 Å². The molecule has 1 N–H and O–H groups in total. The summed E-state index contributed by atoms with van der Waals surface area (Å²) in [6.07, 6.45) is 1.88. The first kappa shape index (κ1) is 16.1. The fourth-order valence-electron chi connectivity index (χ4n) is 2.67. The van der Waals surface area contributed by atoms with Crippen LogP contribution in [0.5, 0.6) is 5.75 Å². The van der Waals surface area contributed by atoms with Crippen molar-refractivity contribution in [1.29, 1.82) is 0 Å². The number of fused-ring (bicyclic) bond motifs is 1. The van der Waals surface area contributed by atoms with Gasteiger partial charge in [-0.1, -0.05) is 19.1 Å². The van der Waals surface area contributed by atoms with Gasteiger partial charge in [-0.3, -0.25) is 9.59 Å². The number of carbonyl (C=O) groups is 2. The molecule has 1 aliphatic rings. The van der Waals surface area contributed by atoms with E-state index < -0.39 is 6.10 Å². The van der Waals surface area contributed by atoms with Crippen LogP contribution in [0, 0.1) is 0 Å². The fourth-order valence-corrected chi connectivity index (χ4v) is 2.67. The Kier molecular flexibility index (Phi) is 4.84. The molecule has 1 aromatic heterocycles. The summed E-state index contributed by atoms with van der Waals surface area (Å²) in [5.74, 6) is 1.15. The molecule has 0 saturated heterocycles. The number of hydrogen-bond acceptors (Lipinski definition) is 4. The standard InChI is InChI=1S/C18H20N2O4/c1-2-15-18(22)20(14-7-3-4-8-16(14)24-15)10-9-17(21)19-12-13-6-5-11-23-13/h3-8,11,15H,2,9-10,12H2,1H3,(H,19,21). The highest BCUT2D eigenvalue weighted by atomic mass is 16.5. The molecule has 0 fully saturated rings. The number of rotatable bonds is 6. The number of furan rings is 1. The van der Waals surface area contributed by atoms with Gasteiger partial charge >= 0.3 is 0 Å². The smallest absolute Gasteiger partial charge is 0.268 e. The first-order valence-electron chi connectivity index (χ1n) is 8.05. The first-order chi connectivity index (χ1) is 11.7. The van der Waals surface area contributed by atoms with E-state index in [1.54, 1.807) is 23.3 Å². The summed E-state index contributed by atoms with van der Waals surface area (Å²) in [4.78, 5) is 26.2. The van der Waals surface area contributed by atoms with E-state index in [1.165, 1.54) is 0 Å². The van der Waals surface area contributed by atoms with Crippen LogP contribution in [0.15, 0.2) is 47.1 Å². The van der Waals surface area contributed by atoms with Crippen LogP contribution >= 0.6 is 0 Å². The zero-order chi connectivity index (χ0) is 16.9. The number of amides is 2. The van der Waals surface area contributed by atoms with Crippen LogP contribution in [-0.2, 0) is 16.1 Å². The Morgan fingerprint density at radius 1 is 1.25 bits per heavy atom. The van der Waals surface area contributed by atoms with E-state index in [2.05, 4.69) is 5.32 Å². The molecule has 1 atom stereocenters. The Labute approximate surface area is 140 Å². The molecule has 126 valence electrons. The van der Waals surface area contributed by atoms with Gasteiger partial charge in [0.05, 0.1) is 18.5 Å². The van der Waals surface area contributed by atoms with Crippen molar-refractivity contribution in [3.05, 3.63) is 48.4 Å². The highest BCUT2D eigenvalue weighted by Gasteiger charge is 2.33. The van der Waals surface area contributed by atoms with Crippen molar-refractivity contribution in [3.8, 4) is 5.75 Å². The number of nitrogens with zero attached hydrogens (tertiary/aromatic N) is 1. The zero-order valence-corrected chi connectivity index (χ0v) is 13.5. The Balaban J connectivity index is 1.62. The monoisotopic (exact) mass is 328 g/mol. The Morgan fingerprint density at radius 3 is 2.83 bits per heavy atom. The normalized spacial score (nSPS) is 16.5. The van der Waals surface area contributed by atoms with Crippen LogP contribution in [0.2, 0.25) is 0 Å². The number of nitrogens with one attached hydrogen (secondary N) is 1. The van der Waals surface area contributed by atoms with Gasteiger partial charge in [-0.2, -0.15) is 0 Å². The Hall–Kier alpha value is -2.76. The topological polar surface area (TPSA) is 71.8 Å². The number of para-hydroxylation sites is 2. The summed E-state index contributed by atoms with van der Waals surface area (Å²) in [6.45, 7) is 2.57. The molecule has 3 rings (SSSR count). The van der Waals surface area contributed by atoms with Crippen LogP contribution in [0.1, 0.15) is 25.5 Å². The number of ether oxygens (including phenoxy) is 1. The van der Waals surface area contributed by atoms with E-state index in [0.717, 1.165) is 0 Å². The molecule has 6 heteroatoms. The van der Waals surface area contributed by atoms with E-state index in [1.807, 2.05) is 31.2 Å². The van der Waals surface area contributed by atoms with Crippen molar-refractivity contribution < 1.29 is 18.7 Å². The third kappa shape index (κ3) is 3.42. The maximum atomic E-state index is 12.5. The average Bonchev–Trinajstić information content (AvgIpc) is 3.12. The van der Waals surface area contributed by atoms with Crippen molar-refractivity contribution in [2.75, 3.05) is 11.4 Å². The molecule has 0 spiro atoms. The van der Waals surface area contributed by atoms with Gasteiger partial charge in [-0.15, -0.1) is 0 Å². The van der Waals surface area contributed by atoms with E-state index in [0.29, 0.717) is 36.7 Å². The Morgan fingerprint density at radius 2 is 2.08 bits per heavy atom. The summed E-state index contributed by atoms with van der Waals surface area (Å²) in [6, 6.07) is 11.0. The van der Waals surface area contributed by atoms with Crippen molar-refractivity contribution in [3.63, 3.8) is 0 Å². The lowest BCUT2D eigenvalue weighted by atomic mass is 10.1. The molecule has 0 aliphatic carbocycles. The predicted octanol–water partition coefficient (Wildman–Crippen LogP) is 2.49. The lowest BCUT2D eigenvalue weighted by Crippen LogP contribution is -2.46. The molecule has 2 amide bonds. The molecule has 1 aliphatic heterocycles. The molecule has 24 heavy (non-hydrogen) atoms. The highest BCUT2D eigenvalue weighted by Crippen LogP contribution is 2.34. The number of carbonyl (C=O) groups excluding carboxylic acids is 2. The second-order valence-electron chi connectivity index (χ2n) is 5.58. The molecule has 1 unspecified atom stereocenters. The zero-order valence-electron chi connectivity index (χ0n) is 13.5. The quantitative estimate of drug-likeness (QED) is 0.884. The lowest BCUT2D eigenvalue weighted by Gasteiger charge is -2.33. The Bertz CT molecular complexity index is 712. The highest BCUT2D eigenvalue weighted by molar-refractivity contribution is 6.00. The second kappa shape index (κ2) is 7.21. The van der Waals surface area contributed by atoms with Crippen LogP contribution in [0.3, 0.4) is 0 Å². The minimum atomic E-state index is -0.494. The molecular formula is C18H20N2O4.